The molecule has 3 atom stereocenters. The van der Waals surface area contributed by atoms with Crippen LogP contribution in [0.2, 0.25) is 0 Å². The summed E-state index contributed by atoms with van der Waals surface area (Å²) in [6.07, 6.45) is 2.41. The number of carboxylic acid groups (broad SMARTS) is 1. The molecule has 0 radical (unpaired) electrons. The Morgan fingerprint density at radius 1 is 0.938 bits per heavy atom. The highest BCUT2D eigenvalue weighted by Gasteiger charge is 2.35. The predicted molar refractivity (Wildman–Crippen MR) is 126 cm³/mol. The lowest BCUT2D eigenvalue weighted by molar-refractivity contribution is -0.140. The number of aryl methyl sites for hydroxylation is 1. The summed E-state index contributed by atoms with van der Waals surface area (Å²) in [5.74, 6) is -1.18. The second-order valence-electron chi connectivity index (χ2n) is 8.36. The van der Waals surface area contributed by atoms with Crippen LogP contribution in [0.5, 0.6) is 0 Å². The quantitative estimate of drug-likeness (QED) is 0.505. The van der Waals surface area contributed by atoms with Crippen LogP contribution in [-0.2, 0) is 28.9 Å². The highest BCUT2D eigenvalue weighted by Crippen LogP contribution is 2.28. The second kappa shape index (κ2) is 10.2. The molecule has 3 N–H and O–H groups in total. The average molecular weight is 429 g/mol. The standard InChI is InChI=1S/C27H28N2O3/c30-26-25(28-24(27(31)32)16-15-19-9-3-1-4-10-19)22(17-20-11-5-2-6-12-20)18-21-13-7-8-14-23(21)29-26/h1-14,22,24-25,28H,15-18H2,(H,29,30)(H,31,32)/t22?,24-,25?/m0/s1. The Morgan fingerprint density at radius 2 is 1.56 bits per heavy atom. The van der Waals surface area contributed by atoms with Crippen LogP contribution in [0.15, 0.2) is 84.9 Å². The normalized spacial score (nSPS) is 18.8. The Hall–Kier alpha value is -3.44. The number of nitrogens with one attached hydrogen (secondary N) is 2. The Bertz CT molecular complexity index is 1050. The van der Waals surface area contributed by atoms with Crippen LogP contribution in [0.1, 0.15) is 23.1 Å². The van der Waals surface area contributed by atoms with Crippen molar-refractivity contribution in [3.05, 3.63) is 102 Å². The summed E-state index contributed by atoms with van der Waals surface area (Å²) in [7, 11) is 0. The molecule has 0 spiro atoms. The minimum absolute atomic E-state index is 0.0698. The van der Waals surface area contributed by atoms with Crippen LogP contribution < -0.4 is 10.6 Å². The van der Waals surface area contributed by atoms with Gasteiger partial charge in [-0.05, 0) is 54.4 Å². The topological polar surface area (TPSA) is 78.4 Å². The molecular formula is C27H28N2O3. The maximum atomic E-state index is 13.2. The number of aliphatic carboxylic acids is 1. The molecule has 5 nitrogen and oxygen atoms in total. The van der Waals surface area contributed by atoms with E-state index in [4.69, 9.17) is 0 Å². The number of rotatable bonds is 8. The van der Waals surface area contributed by atoms with Gasteiger partial charge in [0.25, 0.3) is 0 Å². The fourth-order valence-corrected chi connectivity index (χ4v) is 4.41. The maximum absolute atomic E-state index is 13.2. The van der Waals surface area contributed by atoms with Gasteiger partial charge in [-0.3, -0.25) is 14.9 Å². The van der Waals surface area contributed by atoms with Crippen molar-refractivity contribution < 1.29 is 14.7 Å². The van der Waals surface area contributed by atoms with Gasteiger partial charge >= 0.3 is 5.97 Å². The fraction of sp³-hybridized carbons (Fsp3) is 0.259. The van der Waals surface area contributed by atoms with Crippen LogP contribution in [0.3, 0.4) is 0 Å². The van der Waals surface area contributed by atoms with E-state index in [0.29, 0.717) is 25.7 Å². The van der Waals surface area contributed by atoms with E-state index in [1.54, 1.807) is 0 Å². The summed E-state index contributed by atoms with van der Waals surface area (Å²) in [5.41, 5.74) is 4.09. The van der Waals surface area contributed by atoms with Gasteiger partial charge in [0.15, 0.2) is 0 Å². The number of fused-ring (bicyclic) bond motifs is 1. The summed E-state index contributed by atoms with van der Waals surface area (Å²) in [4.78, 5) is 25.3. The molecule has 2 unspecified atom stereocenters. The molecule has 1 aliphatic rings. The van der Waals surface area contributed by atoms with E-state index >= 15 is 0 Å². The molecule has 1 aliphatic heterocycles. The fourth-order valence-electron chi connectivity index (χ4n) is 4.41. The number of amides is 1. The van der Waals surface area contributed by atoms with Crippen molar-refractivity contribution in [1.29, 1.82) is 0 Å². The van der Waals surface area contributed by atoms with Crippen LogP contribution in [0.4, 0.5) is 5.69 Å². The van der Waals surface area contributed by atoms with Gasteiger partial charge in [0, 0.05) is 5.69 Å². The molecule has 3 aromatic carbocycles. The molecule has 0 aliphatic carbocycles. The first kappa shape index (κ1) is 21.8. The van der Waals surface area contributed by atoms with Crippen molar-refractivity contribution in [3.63, 3.8) is 0 Å². The van der Waals surface area contributed by atoms with E-state index in [2.05, 4.69) is 22.8 Å². The lowest BCUT2D eigenvalue weighted by atomic mass is 9.86. The first-order valence-electron chi connectivity index (χ1n) is 11.1. The molecule has 0 fully saturated rings. The van der Waals surface area contributed by atoms with E-state index in [1.165, 1.54) is 0 Å². The molecule has 0 bridgehead atoms. The van der Waals surface area contributed by atoms with Crippen LogP contribution in [0, 0.1) is 5.92 Å². The largest absolute Gasteiger partial charge is 0.480 e. The van der Waals surface area contributed by atoms with Crippen molar-refractivity contribution in [2.75, 3.05) is 5.32 Å². The third-order valence-corrected chi connectivity index (χ3v) is 6.10. The van der Waals surface area contributed by atoms with Gasteiger partial charge < -0.3 is 10.4 Å². The zero-order valence-electron chi connectivity index (χ0n) is 17.9. The molecule has 1 heterocycles. The number of carbonyl (C=O) groups excluding carboxylic acids is 1. The van der Waals surface area contributed by atoms with E-state index in [9.17, 15) is 14.7 Å². The molecule has 0 saturated carbocycles. The van der Waals surface area contributed by atoms with Gasteiger partial charge in [-0.15, -0.1) is 0 Å². The third kappa shape index (κ3) is 5.42. The monoisotopic (exact) mass is 428 g/mol. The van der Waals surface area contributed by atoms with Crippen molar-refractivity contribution in [3.8, 4) is 0 Å². The van der Waals surface area contributed by atoms with Crippen LogP contribution in [0.25, 0.3) is 0 Å². The van der Waals surface area contributed by atoms with Crippen molar-refractivity contribution in [1.82, 2.24) is 5.32 Å². The summed E-state index contributed by atoms with van der Waals surface area (Å²) in [6, 6.07) is 26.3. The van der Waals surface area contributed by atoms with Crippen molar-refractivity contribution >= 4 is 17.6 Å². The third-order valence-electron chi connectivity index (χ3n) is 6.10. The summed E-state index contributed by atoms with van der Waals surface area (Å²) < 4.78 is 0. The highest BCUT2D eigenvalue weighted by molar-refractivity contribution is 5.97. The lowest BCUT2D eigenvalue weighted by Crippen LogP contribution is -2.53. The van der Waals surface area contributed by atoms with E-state index in [0.717, 1.165) is 22.4 Å². The molecule has 5 heteroatoms. The molecule has 0 aromatic heterocycles. The van der Waals surface area contributed by atoms with Gasteiger partial charge in [0.05, 0.1) is 6.04 Å². The van der Waals surface area contributed by atoms with Crippen LogP contribution in [-0.4, -0.2) is 29.1 Å². The number of para-hydroxylation sites is 1. The molecule has 32 heavy (non-hydrogen) atoms. The molecule has 4 rings (SSSR count). The summed E-state index contributed by atoms with van der Waals surface area (Å²) in [5, 5.41) is 16.1. The number of benzene rings is 3. The van der Waals surface area contributed by atoms with Gasteiger partial charge in [-0.2, -0.15) is 0 Å². The van der Waals surface area contributed by atoms with Crippen molar-refractivity contribution in [2.45, 2.75) is 37.8 Å². The Kier molecular flexibility index (Phi) is 6.97. The minimum atomic E-state index is -0.936. The highest BCUT2D eigenvalue weighted by atomic mass is 16.4. The Balaban J connectivity index is 1.57. The van der Waals surface area contributed by atoms with Crippen LogP contribution >= 0.6 is 0 Å². The number of hydrogen-bond acceptors (Lipinski definition) is 3. The molecule has 0 saturated heterocycles. The van der Waals surface area contributed by atoms with E-state index < -0.39 is 18.1 Å². The molecular weight excluding hydrogens is 400 g/mol. The lowest BCUT2D eigenvalue weighted by Gasteiger charge is -2.28. The predicted octanol–water partition coefficient (Wildman–Crippen LogP) is 4.08. The number of carboxylic acids is 1. The zero-order valence-corrected chi connectivity index (χ0v) is 17.9. The van der Waals surface area contributed by atoms with Gasteiger partial charge in [0.2, 0.25) is 5.91 Å². The van der Waals surface area contributed by atoms with Crippen molar-refractivity contribution in [2.24, 2.45) is 5.92 Å². The number of anilines is 1. The maximum Gasteiger partial charge on any atom is 0.320 e. The first-order chi connectivity index (χ1) is 15.6. The van der Waals surface area contributed by atoms with E-state index in [1.807, 2.05) is 72.8 Å². The summed E-state index contributed by atoms with van der Waals surface area (Å²) in [6.45, 7) is 0. The molecule has 3 aromatic rings. The average Bonchev–Trinajstić information content (AvgIpc) is 2.93. The number of hydrogen-bond donors (Lipinski definition) is 3. The minimum Gasteiger partial charge on any atom is -0.480 e. The summed E-state index contributed by atoms with van der Waals surface area (Å²) >= 11 is 0. The number of carbonyl (C=O) groups is 2. The van der Waals surface area contributed by atoms with Gasteiger partial charge in [-0.1, -0.05) is 78.9 Å². The molecule has 1 amide bonds. The Labute approximate surface area is 188 Å². The van der Waals surface area contributed by atoms with Gasteiger partial charge in [-0.25, -0.2) is 0 Å². The molecule has 164 valence electrons. The smallest absolute Gasteiger partial charge is 0.320 e. The zero-order chi connectivity index (χ0) is 22.3. The SMILES string of the molecule is O=C1Nc2ccccc2CC(Cc2ccccc2)C1N[C@@H](CCc1ccccc1)C(=O)O. The second-order valence-corrected chi connectivity index (χ2v) is 8.36. The Morgan fingerprint density at radius 3 is 2.25 bits per heavy atom. The van der Waals surface area contributed by atoms with E-state index in [-0.39, 0.29) is 11.8 Å². The van der Waals surface area contributed by atoms with Gasteiger partial charge in [0.1, 0.15) is 6.04 Å². The first-order valence-corrected chi connectivity index (χ1v) is 11.1.